The molecule has 1 saturated carbocycles. The second-order valence-corrected chi connectivity index (χ2v) is 7.42. The van der Waals surface area contributed by atoms with E-state index in [9.17, 15) is 0 Å². The number of benzene rings is 1. The highest BCUT2D eigenvalue weighted by atomic mass is 127. The van der Waals surface area contributed by atoms with E-state index in [1.54, 1.807) is 0 Å². The summed E-state index contributed by atoms with van der Waals surface area (Å²) in [5.41, 5.74) is 1.69. The summed E-state index contributed by atoms with van der Waals surface area (Å²) >= 11 is 0. The Morgan fingerprint density at radius 1 is 1.23 bits per heavy atom. The van der Waals surface area contributed by atoms with Gasteiger partial charge in [-0.2, -0.15) is 0 Å². The monoisotopic (exact) mass is 472 g/mol. The van der Waals surface area contributed by atoms with Crippen molar-refractivity contribution in [2.24, 2.45) is 4.99 Å². The van der Waals surface area contributed by atoms with Crippen LogP contribution in [0.15, 0.2) is 35.3 Å². The Bertz CT molecular complexity index is 560. The average molecular weight is 472 g/mol. The van der Waals surface area contributed by atoms with Crippen LogP contribution in [0.5, 0.6) is 0 Å². The summed E-state index contributed by atoms with van der Waals surface area (Å²) in [5, 5.41) is 7.01. The second-order valence-electron chi connectivity index (χ2n) is 7.42. The normalized spacial score (nSPS) is 23.3. The van der Waals surface area contributed by atoms with Crippen LogP contribution in [0.4, 0.5) is 0 Å². The summed E-state index contributed by atoms with van der Waals surface area (Å²) in [6.07, 6.45) is 5.34. The van der Waals surface area contributed by atoms with E-state index in [0.717, 1.165) is 38.7 Å². The Labute approximate surface area is 175 Å². The van der Waals surface area contributed by atoms with Crippen molar-refractivity contribution in [1.82, 2.24) is 15.5 Å². The number of morpholine rings is 1. The molecule has 0 aromatic heterocycles. The van der Waals surface area contributed by atoms with Crippen LogP contribution in [0, 0.1) is 0 Å². The predicted molar refractivity (Wildman–Crippen MR) is 119 cm³/mol. The molecule has 0 radical (unpaired) electrons. The summed E-state index contributed by atoms with van der Waals surface area (Å²) < 4.78 is 5.82. The summed E-state index contributed by atoms with van der Waals surface area (Å²) in [6, 6.07) is 10.9. The van der Waals surface area contributed by atoms with Gasteiger partial charge in [-0.15, -0.1) is 24.0 Å². The molecule has 2 aliphatic rings. The highest BCUT2D eigenvalue weighted by Crippen LogP contribution is 2.40. The minimum absolute atomic E-state index is 0. The van der Waals surface area contributed by atoms with Gasteiger partial charge in [0.15, 0.2) is 5.96 Å². The van der Waals surface area contributed by atoms with Crippen LogP contribution in [0.1, 0.15) is 31.2 Å². The van der Waals surface area contributed by atoms with Gasteiger partial charge in [0, 0.05) is 38.6 Å². The molecule has 1 saturated heterocycles. The first-order valence-electron chi connectivity index (χ1n) is 9.52. The molecule has 5 nitrogen and oxygen atoms in total. The molecule has 0 spiro atoms. The molecule has 26 heavy (non-hydrogen) atoms. The van der Waals surface area contributed by atoms with Crippen molar-refractivity contribution >= 4 is 29.9 Å². The minimum Gasteiger partial charge on any atom is -0.374 e. The zero-order valence-corrected chi connectivity index (χ0v) is 18.4. The third kappa shape index (κ3) is 5.57. The Hall–Kier alpha value is -0.860. The maximum atomic E-state index is 5.82. The van der Waals surface area contributed by atoms with E-state index in [4.69, 9.17) is 4.74 Å². The SMILES string of the molecule is CN=C(NCC1CN(C)CCO1)NCC1(c2ccccc2)CCCC1.I. The van der Waals surface area contributed by atoms with Gasteiger partial charge < -0.3 is 20.3 Å². The van der Waals surface area contributed by atoms with Crippen molar-refractivity contribution in [3.63, 3.8) is 0 Å². The van der Waals surface area contributed by atoms with E-state index in [-0.39, 0.29) is 35.5 Å². The van der Waals surface area contributed by atoms with Crippen molar-refractivity contribution in [3.8, 4) is 0 Å². The topological polar surface area (TPSA) is 48.9 Å². The molecule has 146 valence electrons. The van der Waals surface area contributed by atoms with Crippen LogP contribution in [0.2, 0.25) is 0 Å². The molecule has 1 heterocycles. The molecule has 1 atom stereocenters. The molecule has 0 amide bonds. The van der Waals surface area contributed by atoms with E-state index in [1.165, 1.54) is 31.2 Å². The number of halogens is 1. The van der Waals surface area contributed by atoms with Crippen molar-refractivity contribution in [1.29, 1.82) is 0 Å². The number of nitrogens with zero attached hydrogens (tertiary/aromatic N) is 2. The molecular weight excluding hydrogens is 439 g/mol. The largest absolute Gasteiger partial charge is 0.374 e. The van der Waals surface area contributed by atoms with Gasteiger partial charge in [-0.1, -0.05) is 43.2 Å². The van der Waals surface area contributed by atoms with Crippen molar-refractivity contribution in [2.45, 2.75) is 37.2 Å². The Kier molecular flexibility index (Phi) is 8.63. The van der Waals surface area contributed by atoms with E-state index in [1.807, 2.05) is 7.05 Å². The molecule has 1 unspecified atom stereocenters. The van der Waals surface area contributed by atoms with Crippen LogP contribution in [0.3, 0.4) is 0 Å². The molecule has 1 aromatic rings. The second kappa shape index (κ2) is 10.5. The van der Waals surface area contributed by atoms with Crippen LogP contribution in [0.25, 0.3) is 0 Å². The van der Waals surface area contributed by atoms with Crippen LogP contribution in [-0.2, 0) is 10.2 Å². The molecule has 2 N–H and O–H groups in total. The molecule has 1 aliphatic carbocycles. The number of guanidine groups is 1. The van der Waals surface area contributed by atoms with Crippen molar-refractivity contribution in [3.05, 3.63) is 35.9 Å². The molecule has 2 fully saturated rings. The average Bonchev–Trinajstić information content (AvgIpc) is 3.13. The first-order valence-corrected chi connectivity index (χ1v) is 9.52. The number of likely N-dealkylation sites (N-methyl/N-ethyl adjacent to an activating group) is 1. The third-order valence-corrected chi connectivity index (χ3v) is 5.60. The summed E-state index contributed by atoms with van der Waals surface area (Å²) in [4.78, 5) is 6.72. The first-order chi connectivity index (χ1) is 12.2. The van der Waals surface area contributed by atoms with E-state index in [0.29, 0.717) is 0 Å². The van der Waals surface area contributed by atoms with Gasteiger partial charge in [-0.05, 0) is 25.5 Å². The fraction of sp³-hybridized carbons (Fsp3) is 0.650. The Balaban J connectivity index is 0.00000243. The zero-order chi connectivity index (χ0) is 17.5. The highest BCUT2D eigenvalue weighted by Gasteiger charge is 2.35. The minimum atomic E-state index is 0. The first kappa shape index (κ1) is 21.4. The quantitative estimate of drug-likeness (QED) is 0.393. The zero-order valence-electron chi connectivity index (χ0n) is 16.0. The van der Waals surface area contributed by atoms with E-state index >= 15 is 0 Å². The van der Waals surface area contributed by atoms with Gasteiger partial charge in [-0.25, -0.2) is 0 Å². The number of aliphatic imine (C=N–C) groups is 1. The van der Waals surface area contributed by atoms with Crippen molar-refractivity contribution in [2.75, 3.05) is 46.9 Å². The maximum Gasteiger partial charge on any atom is 0.191 e. The molecule has 1 aliphatic heterocycles. The molecule has 0 bridgehead atoms. The fourth-order valence-corrected chi connectivity index (χ4v) is 4.09. The van der Waals surface area contributed by atoms with Gasteiger partial charge in [0.05, 0.1) is 12.7 Å². The van der Waals surface area contributed by atoms with Gasteiger partial charge in [-0.3, -0.25) is 4.99 Å². The number of hydrogen-bond donors (Lipinski definition) is 2. The van der Waals surface area contributed by atoms with Crippen LogP contribution >= 0.6 is 24.0 Å². The van der Waals surface area contributed by atoms with Gasteiger partial charge in [0.1, 0.15) is 0 Å². The summed E-state index contributed by atoms with van der Waals surface area (Å²) in [5.74, 6) is 0.874. The maximum absolute atomic E-state index is 5.82. The van der Waals surface area contributed by atoms with Gasteiger partial charge in [0.25, 0.3) is 0 Å². The molecular formula is C20H33IN4O. The van der Waals surface area contributed by atoms with Crippen LogP contribution in [-0.4, -0.2) is 63.8 Å². The van der Waals surface area contributed by atoms with E-state index in [2.05, 4.69) is 57.9 Å². The lowest BCUT2D eigenvalue weighted by molar-refractivity contribution is -0.0161. The molecule has 1 aromatic carbocycles. The number of hydrogen-bond acceptors (Lipinski definition) is 3. The van der Waals surface area contributed by atoms with Gasteiger partial charge >= 0.3 is 0 Å². The van der Waals surface area contributed by atoms with Crippen molar-refractivity contribution < 1.29 is 4.74 Å². The lowest BCUT2D eigenvalue weighted by atomic mass is 9.79. The Morgan fingerprint density at radius 2 is 1.96 bits per heavy atom. The van der Waals surface area contributed by atoms with Crippen LogP contribution < -0.4 is 10.6 Å². The molecule has 6 heteroatoms. The lowest BCUT2D eigenvalue weighted by Crippen LogP contribution is -2.50. The molecule has 3 rings (SSSR count). The standard InChI is InChI=1S/C20H32N4O.HI/c1-21-19(22-14-18-15-24(2)12-13-25-18)23-16-20(10-6-7-11-20)17-8-4-3-5-9-17;/h3-5,8-9,18H,6-7,10-16H2,1-2H3,(H2,21,22,23);1H. The number of nitrogens with one attached hydrogen (secondary N) is 2. The third-order valence-electron chi connectivity index (χ3n) is 5.60. The smallest absolute Gasteiger partial charge is 0.191 e. The predicted octanol–water partition coefficient (Wildman–Crippen LogP) is 2.61. The number of ether oxygens (including phenoxy) is 1. The van der Waals surface area contributed by atoms with Gasteiger partial charge in [0.2, 0.25) is 0 Å². The number of rotatable bonds is 5. The summed E-state index contributed by atoms with van der Waals surface area (Å²) in [6.45, 7) is 4.53. The van der Waals surface area contributed by atoms with E-state index < -0.39 is 0 Å². The Morgan fingerprint density at radius 3 is 2.62 bits per heavy atom. The fourth-order valence-electron chi connectivity index (χ4n) is 4.09. The summed E-state index contributed by atoms with van der Waals surface area (Å²) in [7, 11) is 3.99. The lowest BCUT2D eigenvalue weighted by Gasteiger charge is -2.32. The highest BCUT2D eigenvalue weighted by molar-refractivity contribution is 14.0.